The molecule has 0 radical (unpaired) electrons. The van der Waals surface area contributed by atoms with Gasteiger partial charge in [-0.05, 0) is 60.0 Å². The molecule has 0 bridgehead atoms. The van der Waals surface area contributed by atoms with Crippen LogP contribution in [0.4, 0.5) is 0 Å². The summed E-state index contributed by atoms with van der Waals surface area (Å²) in [5.74, 6) is 0. The zero-order chi connectivity index (χ0) is 23.8. The minimum Gasteiger partial charge on any atom is -0.242 e. The van der Waals surface area contributed by atoms with E-state index in [0.717, 1.165) is 0 Å². The number of rotatable bonds is 5. The summed E-state index contributed by atoms with van der Waals surface area (Å²) >= 11 is 0. The van der Waals surface area contributed by atoms with Gasteiger partial charge in [0.15, 0.2) is 0 Å². The number of hydrogen-bond acceptors (Lipinski definition) is 1. The number of hydrogen-bond donors (Lipinski definition) is 0. The van der Waals surface area contributed by atoms with Crippen molar-refractivity contribution >= 4 is 24.2 Å². The van der Waals surface area contributed by atoms with Crippen LogP contribution in [0.15, 0.2) is 48.5 Å². The van der Waals surface area contributed by atoms with Crippen LogP contribution in [-0.4, -0.2) is 30.6 Å². The van der Waals surface area contributed by atoms with Gasteiger partial charge in [0.2, 0.25) is 0 Å². The van der Waals surface area contributed by atoms with E-state index < -0.39 is 18.9 Å². The Morgan fingerprint density at radius 2 is 1.23 bits per heavy atom. The zero-order valence-electron chi connectivity index (χ0n) is 21.4. The van der Waals surface area contributed by atoms with Crippen molar-refractivity contribution < 1.29 is 4.21 Å². The Bertz CT molecular complexity index is 904. The van der Waals surface area contributed by atoms with Gasteiger partial charge in [0, 0.05) is 7.05 Å². The SMILES string of the molecule is Cc1ccccc1[C@H](c1ccccc1P(C(C)(C)C)C(C)(C)C)N(C)S(=O)C(C)(C)C. The van der Waals surface area contributed by atoms with Crippen LogP contribution < -0.4 is 5.30 Å². The third-order valence-corrected chi connectivity index (χ3v) is 10.8. The molecular formula is C27H42NOPS. The van der Waals surface area contributed by atoms with E-state index in [1.807, 2.05) is 7.05 Å². The molecule has 31 heavy (non-hydrogen) atoms. The lowest BCUT2D eigenvalue weighted by Crippen LogP contribution is -2.40. The van der Waals surface area contributed by atoms with Gasteiger partial charge < -0.3 is 0 Å². The fraction of sp³-hybridized carbons (Fsp3) is 0.556. The molecule has 0 amide bonds. The molecular weight excluding hydrogens is 417 g/mol. The average Bonchev–Trinajstić information content (AvgIpc) is 2.61. The third-order valence-electron chi connectivity index (χ3n) is 5.45. The lowest BCUT2D eigenvalue weighted by molar-refractivity contribution is 0.440. The van der Waals surface area contributed by atoms with Gasteiger partial charge in [0.1, 0.15) is 11.0 Å². The summed E-state index contributed by atoms with van der Waals surface area (Å²) in [7, 11) is 0.386. The maximum Gasteiger partial charge on any atom is 0.100 e. The highest BCUT2D eigenvalue weighted by atomic mass is 32.2. The minimum absolute atomic E-state index is 0.0628. The van der Waals surface area contributed by atoms with Crippen LogP contribution in [0.5, 0.6) is 0 Å². The summed E-state index contributed by atoms with van der Waals surface area (Å²) < 4.78 is 15.3. The summed E-state index contributed by atoms with van der Waals surface area (Å²) in [5, 5.41) is 1.73. The second-order valence-electron chi connectivity index (χ2n) is 11.4. The van der Waals surface area contributed by atoms with Crippen molar-refractivity contribution in [3.8, 4) is 0 Å². The first-order valence-corrected chi connectivity index (χ1v) is 13.6. The number of benzene rings is 2. The van der Waals surface area contributed by atoms with E-state index in [1.54, 1.807) is 0 Å². The van der Waals surface area contributed by atoms with Gasteiger partial charge in [0.25, 0.3) is 0 Å². The summed E-state index contributed by atoms with van der Waals surface area (Å²) in [6.45, 7) is 22.5. The molecule has 2 rings (SSSR count). The summed E-state index contributed by atoms with van der Waals surface area (Å²) in [6, 6.07) is 17.4. The third kappa shape index (κ3) is 6.06. The first-order valence-electron chi connectivity index (χ1n) is 11.2. The summed E-state index contributed by atoms with van der Waals surface area (Å²) in [4.78, 5) is 0. The van der Waals surface area contributed by atoms with Gasteiger partial charge in [-0.3, -0.25) is 0 Å². The van der Waals surface area contributed by atoms with Crippen LogP contribution in [-0.2, 0) is 11.0 Å². The topological polar surface area (TPSA) is 20.3 Å². The summed E-state index contributed by atoms with van der Waals surface area (Å²) in [6.07, 6.45) is 0. The minimum atomic E-state index is -1.14. The quantitative estimate of drug-likeness (QED) is 0.434. The molecule has 0 aliphatic rings. The molecule has 1 unspecified atom stereocenters. The highest BCUT2D eigenvalue weighted by Crippen LogP contribution is 2.59. The molecule has 0 saturated carbocycles. The molecule has 2 aromatic carbocycles. The van der Waals surface area contributed by atoms with Gasteiger partial charge in [-0.25, -0.2) is 8.51 Å². The zero-order valence-corrected chi connectivity index (χ0v) is 23.1. The van der Waals surface area contributed by atoms with E-state index in [9.17, 15) is 4.21 Å². The largest absolute Gasteiger partial charge is 0.242 e. The molecule has 0 aliphatic heterocycles. The van der Waals surface area contributed by atoms with Crippen molar-refractivity contribution in [1.29, 1.82) is 0 Å². The van der Waals surface area contributed by atoms with E-state index in [0.29, 0.717) is 0 Å². The predicted octanol–water partition coefficient (Wildman–Crippen LogP) is 7.18. The molecule has 0 fully saturated rings. The Morgan fingerprint density at radius 1 is 0.774 bits per heavy atom. The fourth-order valence-corrected chi connectivity index (χ4v) is 10.1. The van der Waals surface area contributed by atoms with E-state index in [1.165, 1.54) is 22.0 Å². The first kappa shape index (κ1) is 26.2. The number of aryl methyl sites for hydroxylation is 1. The Morgan fingerprint density at radius 3 is 1.68 bits per heavy atom. The second kappa shape index (κ2) is 9.46. The van der Waals surface area contributed by atoms with E-state index in [2.05, 4.69) is 122 Å². The molecule has 0 spiro atoms. The normalized spacial score (nSPS) is 15.4. The van der Waals surface area contributed by atoms with E-state index in [4.69, 9.17) is 0 Å². The Kier molecular flexibility index (Phi) is 8.00. The fourth-order valence-electron chi connectivity index (χ4n) is 4.63. The molecule has 0 saturated heterocycles. The Labute approximate surface area is 195 Å². The molecule has 0 N–H and O–H groups in total. The number of nitrogens with zero attached hydrogens (tertiary/aromatic N) is 1. The molecule has 2 nitrogen and oxygen atoms in total. The van der Waals surface area contributed by atoms with Crippen molar-refractivity contribution in [3.05, 3.63) is 65.2 Å². The van der Waals surface area contributed by atoms with Gasteiger partial charge in [0.05, 0.1) is 10.8 Å². The van der Waals surface area contributed by atoms with Crippen molar-refractivity contribution in [3.63, 3.8) is 0 Å². The maximum atomic E-state index is 13.6. The van der Waals surface area contributed by atoms with Gasteiger partial charge in [-0.2, -0.15) is 0 Å². The van der Waals surface area contributed by atoms with Gasteiger partial charge in [-0.15, -0.1) is 0 Å². The van der Waals surface area contributed by atoms with E-state index >= 15 is 0 Å². The highest BCUT2D eigenvalue weighted by Gasteiger charge is 2.39. The second-order valence-corrected chi connectivity index (χ2v) is 17.5. The Hall–Kier alpha value is -1.02. The molecule has 2 atom stereocenters. The van der Waals surface area contributed by atoms with Gasteiger partial charge in [-0.1, -0.05) is 98.0 Å². The van der Waals surface area contributed by atoms with Crippen LogP contribution in [0.2, 0.25) is 0 Å². The molecule has 0 aliphatic carbocycles. The molecule has 0 heterocycles. The highest BCUT2D eigenvalue weighted by molar-refractivity contribution is 7.84. The Balaban J connectivity index is 2.83. The van der Waals surface area contributed by atoms with Crippen LogP contribution in [0, 0.1) is 6.92 Å². The van der Waals surface area contributed by atoms with Crippen LogP contribution in [0.3, 0.4) is 0 Å². The molecule has 0 aromatic heterocycles. The van der Waals surface area contributed by atoms with Crippen molar-refractivity contribution in [1.82, 2.24) is 4.31 Å². The summed E-state index contributed by atoms with van der Waals surface area (Å²) in [5.41, 5.74) is 3.75. The monoisotopic (exact) mass is 459 g/mol. The first-order chi connectivity index (χ1) is 14.1. The maximum absolute atomic E-state index is 13.6. The standard InChI is InChI=1S/C27H42NOPS/c1-20-16-12-13-17-21(20)24(28(11)31(29)27(8,9)10)22-18-14-15-19-23(22)30(25(2,3)4)26(5,6)7/h12-19,24H,1-11H3/t24-,31?/m1/s1. The van der Waals surface area contributed by atoms with Crippen molar-refractivity contribution in [2.24, 2.45) is 0 Å². The molecule has 4 heteroatoms. The van der Waals surface area contributed by atoms with Crippen molar-refractivity contribution in [2.75, 3.05) is 7.05 Å². The average molecular weight is 460 g/mol. The molecule has 2 aromatic rings. The predicted molar refractivity (Wildman–Crippen MR) is 141 cm³/mol. The van der Waals surface area contributed by atoms with Crippen LogP contribution in [0.1, 0.15) is 85.0 Å². The van der Waals surface area contributed by atoms with Gasteiger partial charge >= 0.3 is 0 Å². The lowest BCUT2D eigenvalue weighted by Gasteiger charge is -2.44. The van der Waals surface area contributed by atoms with E-state index in [-0.39, 0.29) is 21.1 Å². The molecule has 172 valence electrons. The van der Waals surface area contributed by atoms with Crippen molar-refractivity contribution in [2.45, 2.75) is 90.3 Å². The lowest BCUT2D eigenvalue weighted by atomic mass is 9.95. The van der Waals surface area contributed by atoms with Crippen LogP contribution >= 0.6 is 7.92 Å². The smallest absolute Gasteiger partial charge is 0.100 e. The van der Waals surface area contributed by atoms with Crippen LogP contribution in [0.25, 0.3) is 0 Å².